The summed E-state index contributed by atoms with van der Waals surface area (Å²) in [5, 5.41) is 2.39. The lowest BCUT2D eigenvalue weighted by Gasteiger charge is -2.06. The van der Waals surface area contributed by atoms with E-state index in [4.69, 9.17) is 10.5 Å². The van der Waals surface area contributed by atoms with Gasteiger partial charge in [0.2, 0.25) is 0 Å². The third-order valence-electron chi connectivity index (χ3n) is 3.82. The normalized spacial score (nSPS) is 10.2. The molecular weight excluding hydrogens is 332 g/mol. The fourth-order valence-corrected chi connectivity index (χ4v) is 2.37. The van der Waals surface area contributed by atoms with Crippen molar-refractivity contribution in [3.05, 3.63) is 65.2 Å². The number of rotatable bonds is 8. The highest BCUT2D eigenvalue weighted by Crippen LogP contribution is 2.12. The lowest BCUT2D eigenvalue weighted by molar-refractivity contribution is 0.0475. The summed E-state index contributed by atoms with van der Waals surface area (Å²) in [6.45, 7) is 1.81. The van der Waals surface area contributed by atoms with E-state index < -0.39 is 12.0 Å². The second-order valence-corrected chi connectivity index (χ2v) is 5.87. The standard InChI is InChI=1S/C20H22N2O4/c1-2-3-4-14-5-7-15(8-6-14)18(23)13-26-19(24)16-9-11-17(12-10-16)22-20(21)25/h5-12H,2-4,13H2,1H3,(H3,21,22,25). The zero-order valence-corrected chi connectivity index (χ0v) is 14.7. The molecule has 0 saturated carbocycles. The second kappa shape index (κ2) is 9.36. The number of Topliss-reactive ketones (excluding diaryl/α,β-unsaturated/α-hetero) is 1. The van der Waals surface area contributed by atoms with Gasteiger partial charge in [-0.15, -0.1) is 0 Å². The quantitative estimate of drug-likeness (QED) is 0.559. The Bertz CT molecular complexity index is 767. The maximum Gasteiger partial charge on any atom is 0.338 e. The molecule has 3 N–H and O–H groups in total. The molecule has 0 aliphatic heterocycles. The van der Waals surface area contributed by atoms with Crippen molar-refractivity contribution >= 4 is 23.5 Å². The van der Waals surface area contributed by atoms with Crippen LogP contribution in [0.1, 0.15) is 46.0 Å². The Hall–Kier alpha value is -3.15. The largest absolute Gasteiger partial charge is 0.454 e. The van der Waals surface area contributed by atoms with Crippen LogP contribution in [0.15, 0.2) is 48.5 Å². The number of nitrogens with two attached hydrogens (primary N) is 1. The number of aryl methyl sites for hydroxylation is 1. The van der Waals surface area contributed by atoms with Crippen molar-refractivity contribution in [2.24, 2.45) is 5.73 Å². The van der Waals surface area contributed by atoms with E-state index in [-0.39, 0.29) is 18.0 Å². The van der Waals surface area contributed by atoms with E-state index in [1.165, 1.54) is 29.8 Å². The molecule has 2 rings (SSSR count). The molecular formula is C20H22N2O4. The van der Waals surface area contributed by atoms with Crippen LogP contribution in [-0.4, -0.2) is 24.4 Å². The number of hydrogen-bond acceptors (Lipinski definition) is 4. The van der Waals surface area contributed by atoms with Crippen molar-refractivity contribution in [1.29, 1.82) is 0 Å². The molecule has 6 heteroatoms. The zero-order valence-electron chi connectivity index (χ0n) is 14.7. The molecule has 0 spiro atoms. The SMILES string of the molecule is CCCCc1ccc(C(=O)COC(=O)c2ccc(NC(N)=O)cc2)cc1. The minimum atomic E-state index is -0.688. The first-order chi connectivity index (χ1) is 12.5. The molecule has 2 amide bonds. The van der Waals surface area contributed by atoms with E-state index in [2.05, 4.69) is 12.2 Å². The number of amides is 2. The van der Waals surface area contributed by atoms with Crippen LogP contribution in [-0.2, 0) is 11.2 Å². The number of esters is 1. The fourth-order valence-electron chi connectivity index (χ4n) is 2.37. The van der Waals surface area contributed by atoms with Crippen molar-refractivity contribution in [3.63, 3.8) is 0 Å². The summed E-state index contributed by atoms with van der Waals surface area (Å²) >= 11 is 0. The van der Waals surface area contributed by atoms with Crippen LogP contribution >= 0.6 is 0 Å². The van der Waals surface area contributed by atoms with Gasteiger partial charge in [-0.25, -0.2) is 9.59 Å². The lowest BCUT2D eigenvalue weighted by Crippen LogP contribution is -2.19. The Kier molecular flexibility index (Phi) is 6.91. The molecule has 0 bridgehead atoms. The van der Waals surface area contributed by atoms with Gasteiger partial charge >= 0.3 is 12.0 Å². The average Bonchev–Trinajstić information content (AvgIpc) is 2.64. The number of urea groups is 1. The number of carbonyl (C=O) groups excluding carboxylic acids is 3. The third kappa shape index (κ3) is 5.73. The predicted molar refractivity (Wildman–Crippen MR) is 99.3 cm³/mol. The lowest BCUT2D eigenvalue weighted by atomic mass is 10.0. The number of hydrogen-bond donors (Lipinski definition) is 2. The van der Waals surface area contributed by atoms with Gasteiger partial charge in [-0.05, 0) is 42.7 Å². The number of anilines is 1. The highest BCUT2D eigenvalue weighted by Gasteiger charge is 2.12. The van der Waals surface area contributed by atoms with Crippen molar-refractivity contribution in [1.82, 2.24) is 0 Å². The molecule has 0 heterocycles. The maximum atomic E-state index is 12.1. The highest BCUT2D eigenvalue weighted by molar-refractivity contribution is 5.99. The third-order valence-corrected chi connectivity index (χ3v) is 3.82. The van der Waals surface area contributed by atoms with Crippen LogP contribution in [0.25, 0.3) is 0 Å². The molecule has 0 aromatic heterocycles. The summed E-state index contributed by atoms with van der Waals surface area (Å²) < 4.78 is 5.06. The van der Waals surface area contributed by atoms with E-state index in [9.17, 15) is 14.4 Å². The molecule has 0 saturated heterocycles. The molecule has 0 radical (unpaired) electrons. The molecule has 2 aromatic carbocycles. The molecule has 0 aliphatic rings. The van der Waals surface area contributed by atoms with Crippen LogP contribution in [0.5, 0.6) is 0 Å². The Morgan fingerprint density at radius 1 is 0.962 bits per heavy atom. The van der Waals surface area contributed by atoms with Gasteiger partial charge in [-0.1, -0.05) is 37.6 Å². The van der Waals surface area contributed by atoms with Gasteiger partial charge in [-0.2, -0.15) is 0 Å². The van der Waals surface area contributed by atoms with Gasteiger partial charge in [-0.3, -0.25) is 4.79 Å². The Morgan fingerprint density at radius 2 is 1.58 bits per heavy atom. The van der Waals surface area contributed by atoms with Crippen LogP contribution < -0.4 is 11.1 Å². The number of nitrogens with one attached hydrogen (secondary N) is 1. The summed E-state index contributed by atoms with van der Waals surface area (Å²) in [7, 11) is 0. The number of carbonyl (C=O) groups is 3. The van der Waals surface area contributed by atoms with Gasteiger partial charge in [0, 0.05) is 11.3 Å². The Balaban J connectivity index is 1.88. The summed E-state index contributed by atoms with van der Waals surface area (Å²) in [4.78, 5) is 34.9. The molecule has 0 atom stereocenters. The van der Waals surface area contributed by atoms with Crippen LogP contribution in [0, 0.1) is 0 Å². The summed E-state index contributed by atoms with van der Waals surface area (Å²) in [6.07, 6.45) is 3.22. The van der Waals surface area contributed by atoms with Crippen LogP contribution in [0.2, 0.25) is 0 Å². The zero-order chi connectivity index (χ0) is 18.9. The average molecular weight is 354 g/mol. The van der Waals surface area contributed by atoms with Gasteiger partial charge in [0.15, 0.2) is 12.4 Å². The van der Waals surface area contributed by atoms with Crippen molar-refractivity contribution in [3.8, 4) is 0 Å². The fraction of sp³-hybridized carbons (Fsp3) is 0.250. The first-order valence-corrected chi connectivity index (χ1v) is 8.45. The van der Waals surface area contributed by atoms with Crippen LogP contribution in [0.3, 0.4) is 0 Å². The van der Waals surface area contributed by atoms with Gasteiger partial charge < -0.3 is 15.8 Å². The molecule has 0 unspecified atom stereocenters. The number of unbranched alkanes of at least 4 members (excludes halogenated alkanes) is 1. The first-order valence-electron chi connectivity index (χ1n) is 8.45. The molecule has 2 aromatic rings. The topological polar surface area (TPSA) is 98.5 Å². The first kappa shape index (κ1) is 19.2. The summed E-state index contributed by atoms with van der Waals surface area (Å²) in [5.41, 5.74) is 7.46. The van der Waals surface area contributed by atoms with Crippen molar-refractivity contribution in [2.45, 2.75) is 26.2 Å². The minimum Gasteiger partial charge on any atom is -0.454 e. The Morgan fingerprint density at radius 3 is 2.15 bits per heavy atom. The minimum absolute atomic E-state index is 0.257. The smallest absolute Gasteiger partial charge is 0.338 e. The van der Waals surface area contributed by atoms with E-state index in [1.54, 1.807) is 12.1 Å². The summed E-state index contributed by atoms with van der Waals surface area (Å²) in [6, 6.07) is 12.7. The van der Waals surface area contributed by atoms with Gasteiger partial charge in [0.1, 0.15) is 0 Å². The number of primary amides is 1. The van der Waals surface area contributed by atoms with Crippen LogP contribution in [0.4, 0.5) is 10.5 Å². The second-order valence-electron chi connectivity index (χ2n) is 5.87. The van der Waals surface area contributed by atoms with E-state index >= 15 is 0 Å². The predicted octanol–water partition coefficient (Wildman–Crippen LogP) is 3.56. The van der Waals surface area contributed by atoms with E-state index in [0.29, 0.717) is 11.3 Å². The van der Waals surface area contributed by atoms with E-state index in [1.807, 2.05) is 12.1 Å². The monoisotopic (exact) mass is 354 g/mol. The number of ether oxygens (including phenoxy) is 1. The number of ketones is 1. The number of benzene rings is 2. The molecule has 0 aliphatic carbocycles. The van der Waals surface area contributed by atoms with Gasteiger partial charge in [0.25, 0.3) is 0 Å². The molecule has 26 heavy (non-hydrogen) atoms. The molecule has 6 nitrogen and oxygen atoms in total. The Labute approximate surface area is 152 Å². The maximum absolute atomic E-state index is 12.1. The van der Waals surface area contributed by atoms with Crippen molar-refractivity contribution in [2.75, 3.05) is 11.9 Å². The van der Waals surface area contributed by atoms with E-state index in [0.717, 1.165) is 19.3 Å². The molecule has 136 valence electrons. The molecule has 0 fully saturated rings. The van der Waals surface area contributed by atoms with Gasteiger partial charge in [0.05, 0.1) is 5.56 Å². The highest BCUT2D eigenvalue weighted by atomic mass is 16.5. The van der Waals surface area contributed by atoms with Crippen molar-refractivity contribution < 1.29 is 19.1 Å². The summed E-state index contributed by atoms with van der Waals surface area (Å²) in [5.74, 6) is -0.865.